The summed E-state index contributed by atoms with van der Waals surface area (Å²) in [5.74, 6) is 0.693. The molecule has 1 saturated carbocycles. The van der Waals surface area contributed by atoms with E-state index in [1.54, 1.807) is 0 Å². The van der Waals surface area contributed by atoms with Crippen LogP contribution in [0.5, 0.6) is 0 Å². The molecule has 3 heteroatoms. The Morgan fingerprint density at radius 1 is 1.40 bits per heavy atom. The molecule has 0 bridgehead atoms. The van der Waals surface area contributed by atoms with Crippen LogP contribution in [0.1, 0.15) is 19.3 Å². The second kappa shape index (κ2) is 2.96. The normalized spacial score (nSPS) is 36.9. The van der Waals surface area contributed by atoms with Crippen LogP contribution in [-0.2, 0) is 4.74 Å². The molecule has 0 aromatic rings. The highest BCUT2D eigenvalue weighted by Crippen LogP contribution is 2.65. The molecule has 15 heavy (non-hydrogen) atoms. The van der Waals surface area contributed by atoms with Gasteiger partial charge in [-0.2, -0.15) is 5.26 Å². The fourth-order valence-electron chi connectivity index (χ4n) is 3.46. The number of ether oxygens (including phenoxy) is 1. The summed E-state index contributed by atoms with van der Waals surface area (Å²) in [5.41, 5.74) is 0.202. The monoisotopic (exact) mass is 206 g/mol. The predicted octanol–water partition coefficient (Wildman–Crippen LogP) is 1.26. The molecule has 0 N–H and O–H groups in total. The fourth-order valence-corrected chi connectivity index (χ4v) is 3.46. The summed E-state index contributed by atoms with van der Waals surface area (Å²) in [4.78, 5) is 2.39. The van der Waals surface area contributed by atoms with Gasteiger partial charge in [-0.25, -0.2) is 0 Å². The third-order valence-corrected chi connectivity index (χ3v) is 4.81. The molecule has 3 nitrogen and oxygen atoms in total. The topological polar surface area (TPSA) is 36.3 Å². The van der Waals surface area contributed by atoms with Gasteiger partial charge >= 0.3 is 0 Å². The minimum absolute atomic E-state index is 0.0128. The van der Waals surface area contributed by atoms with Crippen LogP contribution in [0.4, 0.5) is 0 Å². The van der Waals surface area contributed by atoms with Gasteiger partial charge in [0.25, 0.3) is 0 Å². The summed E-state index contributed by atoms with van der Waals surface area (Å²) in [7, 11) is 2.18. The lowest BCUT2D eigenvalue weighted by Gasteiger charge is -2.49. The molecule has 0 radical (unpaired) electrons. The Labute approximate surface area is 91.0 Å². The first-order valence-electron chi connectivity index (χ1n) is 5.90. The van der Waals surface area contributed by atoms with Gasteiger partial charge in [-0.15, -0.1) is 0 Å². The first-order valence-corrected chi connectivity index (χ1v) is 5.90. The van der Waals surface area contributed by atoms with Crippen LogP contribution >= 0.6 is 0 Å². The van der Waals surface area contributed by atoms with Crippen molar-refractivity contribution in [1.82, 2.24) is 4.90 Å². The lowest BCUT2D eigenvalue weighted by Crippen LogP contribution is -2.55. The standard InChI is InChI=1S/C12H18N2O/c1-14-5-2-10(6-14)12(8-15-9-12)11(7-13)3-4-11/h10H,2-6,8-9H2,1H3. The van der Waals surface area contributed by atoms with Crippen molar-refractivity contribution < 1.29 is 4.74 Å². The summed E-state index contributed by atoms with van der Waals surface area (Å²) in [6.07, 6.45) is 3.46. The van der Waals surface area contributed by atoms with Crippen molar-refractivity contribution in [2.24, 2.45) is 16.7 Å². The molecule has 0 aromatic carbocycles. The van der Waals surface area contributed by atoms with E-state index in [2.05, 4.69) is 18.0 Å². The zero-order valence-corrected chi connectivity index (χ0v) is 9.33. The molecular weight excluding hydrogens is 188 g/mol. The Morgan fingerprint density at radius 2 is 2.13 bits per heavy atom. The van der Waals surface area contributed by atoms with Crippen molar-refractivity contribution in [3.8, 4) is 6.07 Å². The van der Waals surface area contributed by atoms with Crippen LogP contribution in [0, 0.1) is 28.1 Å². The quantitative estimate of drug-likeness (QED) is 0.682. The molecule has 3 fully saturated rings. The first-order chi connectivity index (χ1) is 7.22. The van der Waals surface area contributed by atoms with Gasteiger partial charge in [0.15, 0.2) is 0 Å². The Kier molecular flexibility index (Phi) is 1.90. The lowest BCUT2D eigenvalue weighted by atomic mass is 9.62. The maximum atomic E-state index is 9.36. The van der Waals surface area contributed by atoms with Crippen LogP contribution in [0.2, 0.25) is 0 Å². The van der Waals surface area contributed by atoms with E-state index in [1.165, 1.54) is 13.0 Å². The predicted molar refractivity (Wildman–Crippen MR) is 56.1 cm³/mol. The molecule has 1 atom stereocenters. The van der Waals surface area contributed by atoms with Crippen molar-refractivity contribution in [2.45, 2.75) is 19.3 Å². The Morgan fingerprint density at radius 3 is 2.47 bits per heavy atom. The van der Waals surface area contributed by atoms with Gasteiger partial charge in [-0.3, -0.25) is 0 Å². The average Bonchev–Trinajstić information content (AvgIpc) is 2.83. The minimum Gasteiger partial charge on any atom is -0.380 e. The minimum atomic E-state index is -0.0128. The second-order valence-electron chi connectivity index (χ2n) is 5.59. The fraction of sp³-hybridized carbons (Fsp3) is 0.917. The molecule has 0 amide bonds. The van der Waals surface area contributed by atoms with Crippen LogP contribution in [0.3, 0.4) is 0 Å². The van der Waals surface area contributed by atoms with Gasteiger partial charge in [0.2, 0.25) is 0 Å². The van der Waals surface area contributed by atoms with E-state index in [0.29, 0.717) is 5.92 Å². The van der Waals surface area contributed by atoms with E-state index in [0.717, 1.165) is 32.6 Å². The van der Waals surface area contributed by atoms with Gasteiger partial charge in [0.1, 0.15) is 0 Å². The second-order valence-corrected chi connectivity index (χ2v) is 5.59. The molecule has 0 spiro atoms. The Bertz CT molecular complexity index is 312. The van der Waals surface area contributed by atoms with Gasteiger partial charge in [-0.1, -0.05) is 0 Å². The highest BCUT2D eigenvalue weighted by atomic mass is 16.5. The molecule has 82 valence electrons. The SMILES string of the molecule is CN1CCC(C2(C3(C#N)CC3)COC2)C1. The molecular formula is C12H18N2O. The number of nitrogens with zero attached hydrogens (tertiary/aromatic N) is 2. The van der Waals surface area contributed by atoms with Crippen LogP contribution < -0.4 is 0 Å². The van der Waals surface area contributed by atoms with Crippen molar-refractivity contribution in [3.05, 3.63) is 0 Å². The third kappa shape index (κ3) is 1.12. The molecule has 0 aromatic heterocycles. The summed E-state index contributed by atoms with van der Waals surface area (Å²) < 4.78 is 5.44. The number of hydrogen-bond acceptors (Lipinski definition) is 3. The molecule has 1 unspecified atom stereocenters. The zero-order chi connectivity index (χ0) is 10.5. The smallest absolute Gasteiger partial charge is 0.0697 e. The summed E-state index contributed by atoms with van der Waals surface area (Å²) in [6, 6.07) is 2.59. The summed E-state index contributed by atoms with van der Waals surface area (Å²) >= 11 is 0. The third-order valence-electron chi connectivity index (χ3n) is 4.81. The van der Waals surface area contributed by atoms with E-state index < -0.39 is 0 Å². The summed E-state index contributed by atoms with van der Waals surface area (Å²) in [6.45, 7) is 4.01. The zero-order valence-electron chi connectivity index (χ0n) is 9.33. The number of likely N-dealkylation sites (tertiary alicyclic amines) is 1. The molecule has 3 rings (SSSR count). The van der Waals surface area contributed by atoms with Gasteiger partial charge in [-0.05, 0) is 38.8 Å². The molecule has 2 saturated heterocycles. The van der Waals surface area contributed by atoms with E-state index >= 15 is 0 Å². The Balaban J connectivity index is 1.84. The number of hydrogen-bond donors (Lipinski definition) is 0. The largest absolute Gasteiger partial charge is 0.380 e. The van der Waals surface area contributed by atoms with Crippen molar-refractivity contribution in [2.75, 3.05) is 33.4 Å². The molecule has 1 aliphatic carbocycles. The van der Waals surface area contributed by atoms with E-state index in [-0.39, 0.29) is 10.8 Å². The molecule has 3 aliphatic rings. The maximum absolute atomic E-state index is 9.36. The molecule has 2 heterocycles. The van der Waals surface area contributed by atoms with Crippen molar-refractivity contribution in [3.63, 3.8) is 0 Å². The highest BCUT2D eigenvalue weighted by molar-refractivity contribution is 5.23. The van der Waals surface area contributed by atoms with Crippen LogP contribution in [-0.4, -0.2) is 38.3 Å². The van der Waals surface area contributed by atoms with Crippen LogP contribution in [0.15, 0.2) is 0 Å². The average molecular weight is 206 g/mol. The lowest BCUT2D eigenvalue weighted by molar-refractivity contribution is -0.172. The van der Waals surface area contributed by atoms with E-state index in [4.69, 9.17) is 4.74 Å². The number of rotatable bonds is 2. The summed E-state index contributed by atoms with van der Waals surface area (Å²) in [5, 5.41) is 9.36. The van der Waals surface area contributed by atoms with Crippen LogP contribution in [0.25, 0.3) is 0 Å². The van der Waals surface area contributed by atoms with E-state index in [1.807, 2.05) is 0 Å². The van der Waals surface area contributed by atoms with Gasteiger partial charge in [0, 0.05) is 12.0 Å². The van der Waals surface area contributed by atoms with E-state index in [9.17, 15) is 5.26 Å². The van der Waals surface area contributed by atoms with Crippen molar-refractivity contribution in [1.29, 1.82) is 5.26 Å². The highest BCUT2D eigenvalue weighted by Gasteiger charge is 2.66. The van der Waals surface area contributed by atoms with Gasteiger partial charge < -0.3 is 9.64 Å². The maximum Gasteiger partial charge on any atom is 0.0697 e. The number of nitriles is 1. The molecule has 2 aliphatic heterocycles. The van der Waals surface area contributed by atoms with Gasteiger partial charge in [0.05, 0.1) is 24.7 Å². The van der Waals surface area contributed by atoms with Crippen molar-refractivity contribution >= 4 is 0 Å². The first kappa shape index (κ1) is 9.62. The Hall–Kier alpha value is -0.590.